The molecule has 1 aliphatic carbocycles. The highest BCUT2D eigenvalue weighted by Crippen LogP contribution is 2.42. The van der Waals surface area contributed by atoms with Crippen molar-refractivity contribution in [2.75, 3.05) is 18.0 Å². The molecule has 0 bridgehead atoms. The number of carbonyl (C=O) groups excluding carboxylic acids is 1. The topological polar surface area (TPSA) is 78.4 Å². The summed E-state index contributed by atoms with van der Waals surface area (Å²) >= 11 is 0. The largest absolute Gasteiger partial charge is 0.383 e. The summed E-state index contributed by atoms with van der Waals surface area (Å²) in [5.41, 5.74) is 4.06. The minimum atomic E-state index is -0.958. The molecule has 6 heteroatoms. The van der Waals surface area contributed by atoms with Crippen molar-refractivity contribution in [1.82, 2.24) is 15.3 Å². The number of piperidine rings is 1. The quantitative estimate of drug-likeness (QED) is 0.831. The van der Waals surface area contributed by atoms with E-state index in [1.807, 2.05) is 13.8 Å². The van der Waals surface area contributed by atoms with Crippen LogP contribution in [-0.2, 0) is 4.79 Å². The van der Waals surface area contributed by atoms with Crippen LogP contribution >= 0.6 is 0 Å². The molecular weight excluding hydrogens is 352 g/mol. The number of nitrogens with one attached hydrogen (secondary N) is 1. The average molecular weight is 383 g/mol. The van der Waals surface area contributed by atoms with E-state index < -0.39 is 6.10 Å². The number of carbonyl (C=O) groups is 1. The van der Waals surface area contributed by atoms with Gasteiger partial charge >= 0.3 is 0 Å². The maximum atomic E-state index is 12.4. The van der Waals surface area contributed by atoms with Crippen molar-refractivity contribution in [3.63, 3.8) is 0 Å². The molecule has 2 heterocycles. The molecule has 0 spiro atoms. The van der Waals surface area contributed by atoms with Gasteiger partial charge in [-0.25, -0.2) is 0 Å². The summed E-state index contributed by atoms with van der Waals surface area (Å²) in [5, 5.41) is 13.2. The maximum absolute atomic E-state index is 12.4. The number of hydrogen-bond acceptors (Lipinski definition) is 5. The second kappa shape index (κ2) is 7.66. The van der Waals surface area contributed by atoms with Crippen LogP contribution in [0.2, 0.25) is 0 Å². The highest BCUT2D eigenvalue weighted by molar-refractivity contribution is 5.90. The van der Waals surface area contributed by atoms with Gasteiger partial charge in [0.1, 0.15) is 11.6 Å². The van der Waals surface area contributed by atoms with Crippen molar-refractivity contribution in [3.8, 4) is 0 Å². The molecule has 1 aliphatic heterocycles. The van der Waals surface area contributed by atoms with Crippen LogP contribution in [0.5, 0.6) is 0 Å². The van der Waals surface area contributed by atoms with E-state index in [4.69, 9.17) is 0 Å². The minimum Gasteiger partial charge on any atom is -0.383 e. The van der Waals surface area contributed by atoms with Crippen molar-refractivity contribution in [3.05, 3.63) is 30.1 Å². The summed E-state index contributed by atoms with van der Waals surface area (Å²) in [5.74, 6) is 0.962. The normalized spacial score (nSPS) is 23.8. The molecule has 2 aromatic rings. The summed E-state index contributed by atoms with van der Waals surface area (Å²) in [4.78, 5) is 23.9. The third-order valence-electron chi connectivity index (χ3n) is 6.16. The van der Waals surface area contributed by atoms with Gasteiger partial charge in [0.15, 0.2) is 0 Å². The van der Waals surface area contributed by atoms with Crippen LogP contribution in [0.25, 0.3) is 11.0 Å². The van der Waals surface area contributed by atoms with Crippen LogP contribution in [0.3, 0.4) is 0 Å². The fraction of sp³-hybridized carbons (Fsp3) is 0.591. The Balaban J connectivity index is 1.60. The Kier molecular flexibility index (Phi) is 5.23. The molecular formula is C22H30N4O2. The van der Waals surface area contributed by atoms with Crippen LogP contribution in [0.4, 0.5) is 5.69 Å². The first-order valence-electron chi connectivity index (χ1n) is 10.4. The molecule has 1 aromatic heterocycles. The molecule has 1 saturated heterocycles. The lowest BCUT2D eigenvalue weighted by atomic mass is 9.89. The van der Waals surface area contributed by atoms with Gasteiger partial charge in [-0.05, 0) is 55.6 Å². The Bertz CT molecular complexity index is 865. The number of aromatic nitrogens is 2. The van der Waals surface area contributed by atoms with E-state index in [9.17, 15) is 9.90 Å². The number of hydrogen-bond donors (Lipinski definition) is 2. The third kappa shape index (κ3) is 3.83. The lowest BCUT2D eigenvalue weighted by molar-refractivity contribution is -0.132. The second-order valence-electron chi connectivity index (χ2n) is 8.79. The zero-order chi connectivity index (χ0) is 19.8. The summed E-state index contributed by atoms with van der Waals surface area (Å²) in [7, 11) is 0. The molecule has 4 rings (SSSR count). The highest BCUT2D eigenvalue weighted by atomic mass is 16.3. The standard InChI is InChI=1S/C22H30N4O2/c1-13(2)21(27)22(28)25-17-10-16(15-5-6-15)11-26(12-17)18-7-4-14(3)19-20(18)24-9-8-23-19/h4,7-9,13,15-17,21,27H,5-6,10-12H2,1-3H3,(H,25,28)/t16?,17?,21-/m0/s1. The fourth-order valence-corrected chi connectivity index (χ4v) is 4.37. The third-order valence-corrected chi connectivity index (χ3v) is 6.16. The second-order valence-corrected chi connectivity index (χ2v) is 8.79. The van der Waals surface area contributed by atoms with Crippen LogP contribution in [0.1, 0.15) is 38.7 Å². The first kappa shape index (κ1) is 19.1. The van der Waals surface area contributed by atoms with Gasteiger partial charge in [-0.3, -0.25) is 14.8 Å². The Morgan fingerprint density at radius 1 is 1.14 bits per heavy atom. The van der Waals surface area contributed by atoms with E-state index in [1.54, 1.807) is 12.4 Å². The predicted molar refractivity (Wildman–Crippen MR) is 110 cm³/mol. The molecule has 0 radical (unpaired) electrons. The van der Waals surface area contributed by atoms with E-state index >= 15 is 0 Å². The van der Waals surface area contributed by atoms with Crippen molar-refractivity contribution < 1.29 is 9.90 Å². The lowest BCUT2D eigenvalue weighted by Gasteiger charge is -2.40. The van der Waals surface area contributed by atoms with Gasteiger partial charge in [-0.2, -0.15) is 0 Å². The van der Waals surface area contributed by atoms with E-state index in [-0.39, 0.29) is 17.9 Å². The molecule has 28 heavy (non-hydrogen) atoms. The highest BCUT2D eigenvalue weighted by Gasteiger charge is 2.39. The molecule has 2 unspecified atom stereocenters. The van der Waals surface area contributed by atoms with Gasteiger partial charge in [0.05, 0.1) is 11.2 Å². The molecule has 1 amide bonds. The zero-order valence-corrected chi connectivity index (χ0v) is 16.9. The Hall–Kier alpha value is -2.21. The molecule has 150 valence electrons. The number of anilines is 1. The average Bonchev–Trinajstić information content (AvgIpc) is 3.53. The first-order valence-corrected chi connectivity index (χ1v) is 10.4. The summed E-state index contributed by atoms with van der Waals surface area (Å²) in [6, 6.07) is 4.26. The smallest absolute Gasteiger partial charge is 0.249 e. The van der Waals surface area contributed by atoms with Crippen LogP contribution in [0, 0.1) is 24.7 Å². The van der Waals surface area contributed by atoms with Crippen LogP contribution < -0.4 is 10.2 Å². The molecule has 6 nitrogen and oxygen atoms in total. The lowest BCUT2D eigenvalue weighted by Crippen LogP contribution is -2.53. The van der Waals surface area contributed by atoms with Gasteiger partial charge < -0.3 is 15.3 Å². The first-order chi connectivity index (χ1) is 13.4. The van der Waals surface area contributed by atoms with Crippen molar-refractivity contribution in [2.24, 2.45) is 17.8 Å². The summed E-state index contributed by atoms with van der Waals surface area (Å²) in [6.45, 7) is 7.50. The van der Waals surface area contributed by atoms with Gasteiger partial charge in [0.2, 0.25) is 5.91 Å². The summed E-state index contributed by atoms with van der Waals surface area (Å²) < 4.78 is 0. The van der Waals surface area contributed by atoms with E-state index in [0.717, 1.165) is 47.7 Å². The van der Waals surface area contributed by atoms with Gasteiger partial charge in [0.25, 0.3) is 0 Å². The number of aliphatic hydroxyl groups excluding tert-OH is 1. The predicted octanol–water partition coefficient (Wildman–Crippen LogP) is 2.68. The number of aliphatic hydroxyl groups is 1. The van der Waals surface area contributed by atoms with Gasteiger partial charge in [-0.1, -0.05) is 19.9 Å². The number of nitrogens with zero attached hydrogens (tertiary/aromatic N) is 3. The molecule has 1 aromatic carbocycles. The fourth-order valence-electron chi connectivity index (χ4n) is 4.37. The number of rotatable bonds is 5. The molecule has 2 fully saturated rings. The molecule has 1 saturated carbocycles. The number of benzene rings is 1. The van der Waals surface area contributed by atoms with Crippen molar-refractivity contribution in [2.45, 2.75) is 52.2 Å². The van der Waals surface area contributed by atoms with Gasteiger partial charge in [-0.15, -0.1) is 0 Å². The van der Waals surface area contributed by atoms with Crippen LogP contribution in [0.15, 0.2) is 24.5 Å². The number of fused-ring (bicyclic) bond motifs is 1. The van der Waals surface area contributed by atoms with Gasteiger partial charge in [0, 0.05) is 31.5 Å². The minimum absolute atomic E-state index is 0.0354. The number of amides is 1. The van der Waals surface area contributed by atoms with Crippen molar-refractivity contribution >= 4 is 22.6 Å². The van der Waals surface area contributed by atoms with E-state index in [1.165, 1.54) is 12.8 Å². The Morgan fingerprint density at radius 3 is 2.54 bits per heavy atom. The monoisotopic (exact) mass is 382 g/mol. The molecule has 2 N–H and O–H groups in total. The molecule has 2 aliphatic rings. The Morgan fingerprint density at radius 2 is 1.86 bits per heavy atom. The van der Waals surface area contributed by atoms with E-state index in [2.05, 4.69) is 39.2 Å². The van der Waals surface area contributed by atoms with Crippen LogP contribution in [-0.4, -0.2) is 46.2 Å². The zero-order valence-electron chi connectivity index (χ0n) is 16.9. The number of aryl methyl sites for hydroxylation is 1. The Labute approximate surface area is 166 Å². The summed E-state index contributed by atoms with van der Waals surface area (Å²) in [6.07, 6.45) is 6.06. The SMILES string of the molecule is Cc1ccc(N2CC(NC(=O)[C@@H](O)C(C)C)CC(C3CC3)C2)c2nccnc12. The molecule has 3 atom stereocenters. The van der Waals surface area contributed by atoms with Crippen molar-refractivity contribution in [1.29, 1.82) is 0 Å². The maximum Gasteiger partial charge on any atom is 0.249 e. The van der Waals surface area contributed by atoms with E-state index in [0.29, 0.717) is 5.92 Å².